The van der Waals surface area contributed by atoms with Gasteiger partial charge in [0.15, 0.2) is 0 Å². The maximum atomic E-state index is 12.6. The number of esters is 1. The van der Waals surface area contributed by atoms with E-state index in [9.17, 15) is 19.7 Å². The molecule has 8 heteroatoms. The summed E-state index contributed by atoms with van der Waals surface area (Å²) in [7, 11) is 1.24. The number of nitrogens with zero attached hydrogens (tertiary/aromatic N) is 2. The maximum absolute atomic E-state index is 12.6. The molecule has 0 aromatic heterocycles. The van der Waals surface area contributed by atoms with Gasteiger partial charge in [0.2, 0.25) is 0 Å². The highest BCUT2D eigenvalue weighted by atomic mass is 35.5. The van der Waals surface area contributed by atoms with Gasteiger partial charge in [-0.05, 0) is 18.9 Å². The second kappa shape index (κ2) is 6.09. The largest absolute Gasteiger partial charge is 0.467 e. The predicted octanol–water partition coefficient (Wildman–Crippen LogP) is 2.03. The molecule has 0 bridgehead atoms. The minimum atomic E-state index is -0.724. The molecule has 0 saturated carbocycles. The van der Waals surface area contributed by atoms with Crippen molar-refractivity contribution >= 4 is 29.2 Å². The van der Waals surface area contributed by atoms with Crippen LogP contribution in [-0.4, -0.2) is 41.4 Å². The fraction of sp³-hybridized carbons (Fsp3) is 0.385. The summed E-state index contributed by atoms with van der Waals surface area (Å²) in [5, 5.41) is 11.0. The Morgan fingerprint density at radius 1 is 1.48 bits per heavy atom. The highest BCUT2D eigenvalue weighted by Crippen LogP contribution is 2.30. The minimum absolute atomic E-state index is 0.00952. The molecule has 1 aliphatic rings. The average Bonchev–Trinajstić information content (AvgIpc) is 2.94. The van der Waals surface area contributed by atoms with Gasteiger partial charge in [0.05, 0.1) is 17.1 Å². The van der Waals surface area contributed by atoms with Gasteiger partial charge in [-0.25, -0.2) is 4.79 Å². The summed E-state index contributed by atoms with van der Waals surface area (Å²) in [5.74, 6) is -1.16. The molecule has 1 aliphatic heterocycles. The molecule has 112 valence electrons. The Balaban J connectivity index is 2.40. The van der Waals surface area contributed by atoms with Gasteiger partial charge < -0.3 is 9.64 Å². The number of benzene rings is 1. The quantitative estimate of drug-likeness (QED) is 0.484. The molecule has 21 heavy (non-hydrogen) atoms. The van der Waals surface area contributed by atoms with Gasteiger partial charge in [-0.2, -0.15) is 0 Å². The molecule has 0 aliphatic carbocycles. The summed E-state index contributed by atoms with van der Waals surface area (Å²) in [6.45, 7) is 0.334. The number of likely N-dealkylation sites (tertiary alicyclic amines) is 1. The van der Waals surface area contributed by atoms with E-state index in [0.29, 0.717) is 19.4 Å². The van der Waals surface area contributed by atoms with Crippen molar-refractivity contribution in [1.29, 1.82) is 0 Å². The second-order valence-corrected chi connectivity index (χ2v) is 4.98. The zero-order valence-electron chi connectivity index (χ0n) is 11.2. The van der Waals surface area contributed by atoms with Crippen molar-refractivity contribution in [2.24, 2.45) is 0 Å². The van der Waals surface area contributed by atoms with Crippen molar-refractivity contribution in [1.82, 2.24) is 4.90 Å². The van der Waals surface area contributed by atoms with Gasteiger partial charge in [0.1, 0.15) is 11.6 Å². The van der Waals surface area contributed by atoms with Gasteiger partial charge in [-0.1, -0.05) is 17.7 Å². The van der Waals surface area contributed by atoms with Crippen LogP contribution in [0.5, 0.6) is 0 Å². The van der Waals surface area contributed by atoms with Gasteiger partial charge in [-0.15, -0.1) is 0 Å². The Morgan fingerprint density at radius 3 is 2.81 bits per heavy atom. The first-order chi connectivity index (χ1) is 9.97. The van der Waals surface area contributed by atoms with Gasteiger partial charge in [-0.3, -0.25) is 14.9 Å². The Labute approximate surface area is 125 Å². The van der Waals surface area contributed by atoms with E-state index in [-0.39, 0.29) is 16.3 Å². The Bertz CT molecular complexity index is 604. The lowest BCUT2D eigenvalue weighted by Crippen LogP contribution is -2.41. The predicted molar refractivity (Wildman–Crippen MR) is 74.2 cm³/mol. The first-order valence-electron chi connectivity index (χ1n) is 6.29. The van der Waals surface area contributed by atoms with Gasteiger partial charge >= 0.3 is 5.97 Å². The molecule has 1 heterocycles. The lowest BCUT2D eigenvalue weighted by atomic mass is 10.1. The highest BCUT2D eigenvalue weighted by Gasteiger charge is 2.38. The number of ether oxygens (including phenoxy) is 1. The molecule has 0 N–H and O–H groups in total. The summed E-state index contributed by atoms with van der Waals surface area (Å²) < 4.78 is 4.66. The van der Waals surface area contributed by atoms with E-state index in [2.05, 4.69) is 4.74 Å². The number of nitro benzene ring substituents is 1. The fourth-order valence-electron chi connectivity index (χ4n) is 2.41. The van der Waals surface area contributed by atoms with Crippen LogP contribution in [0.3, 0.4) is 0 Å². The van der Waals surface area contributed by atoms with E-state index in [0.717, 1.165) is 0 Å². The minimum Gasteiger partial charge on any atom is -0.467 e. The number of amides is 1. The van der Waals surface area contributed by atoms with Crippen LogP contribution in [0.2, 0.25) is 5.02 Å². The third kappa shape index (κ3) is 2.82. The maximum Gasteiger partial charge on any atom is 0.328 e. The molecule has 7 nitrogen and oxygen atoms in total. The van der Waals surface area contributed by atoms with Crippen LogP contribution in [0.25, 0.3) is 0 Å². The van der Waals surface area contributed by atoms with Crippen molar-refractivity contribution in [3.8, 4) is 0 Å². The monoisotopic (exact) mass is 312 g/mol. The molecule has 1 fully saturated rings. The number of hydrogen-bond donors (Lipinski definition) is 0. The number of carbonyl (C=O) groups excluding carboxylic acids is 2. The molecule has 1 atom stereocenters. The van der Waals surface area contributed by atoms with Crippen molar-refractivity contribution in [2.75, 3.05) is 13.7 Å². The molecule has 0 radical (unpaired) electrons. The first-order valence-corrected chi connectivity index (χ1v) is 6.67. The van der Waals surface area contributed by atoms with Crippen LogP contribution in [0.15, 0.2) is 18.2 Å². The molecular weight excluding hydrogens is 300 g/mol. The van der Waals surface area contributed by atoms with Crippen LogP contribution in [0.1, 0.15) is 23.2 Å². The van der Waals surface area contributed by atoms with Crippen LogP contribution < -0.4 is 0 Å². The molecular formula is C13H13ClN2O5. The van der Waals surface area contributed by atoms with Crippen molar-refractivity contribution < 1.29 is 19.2 Å². The molecule has 0 spiro atoms. The summed E-state index contributed by atoms with van der Waals surface area (Å²) in [6, 6.07) is 3.30. The van der Waals surface area contributed by atoms with E-state index in [4.69, 9.17) is 11.6 Å². The molecule has 2 rings (SSSR count). The summed E-state index contributed by atoms with van der Waals surface area (Å²) >= 11 is 5.94. The number of halogens is 1. The smallest absolute Gasteiger partial charge is 0.328 e. The van der Waals surface area contributed by atoms with Crippen LogP contribution in [0, 0.1) is 10.1 Å². The number of rotatable bonds is 3. The summed E-state index contributed by atoms with van der Waals surface area (Å²) in [5.41, 5.74) is -0.567. The zero-order valence-corrected chi connectivity index (χ0v) is 12.0. The molecule has 1 saturated heterocycles. The number of hydrogen-bond acceptors (Lipinski definition) is 5. The second-order valence-electron chi connectivity index (χ2n) is 4.57. The lowest BCUT2D eigenvalue weighted by molar-refractivity contribution is -0.385. The van der Waals surface area contributed by atoms with Crippen LogP contribution >= 0.6 is 11.6 Å². The number of carbonyl (C=O) groups is 2. The number of methoxy groups -OCH3 is 1. The SMILES string of the molecule is COC(=O)C1CCCN1C(=O)c1c(Cl)cccc1[N+](=O)[O-]. The van der Waals surface area contributed by atoms with Crippen molar-refractivity contribution in [3.63, 3.8) is 0 Å². The molecule has 1 aromatic rings. The third-order valence-corrected chi connectivity index (χ3v) is 3.70. The van der Waals surface area contributed by atoms with Crippen molar-refractivity contribution in [3.05, 3.63) is 38.9 Å². The summed E-state index contributed by atoms with van der Waals surface area (Å²) in [6.07, 6.45) is 1.10. The Hall–Kier alpha value is -2.15. The zero-order chi connectivity index (χ0) is 15.6. The van der Waals surface area contributed by atoms with E-state index in [1.807, 2.05) is 0 Å². The Kier molecular flexibility index (Phi) is 4.42. The molecule has 1 aromatic carbocycles. The molecule has 1 amide bonds. The van der Waals surface area contributed by atoms with E-state index in [1.54, 1.807) is 0 Å². The van der Waals surface area contributed by atoms with E-state index >= 15 is 0 Å². The normalized spacial score (nSPS) is 17.6. The highest BCUT2D eigenvalue weighted by molar-refractivity contribution is 6.34. The van der Waals surface area contributed by atoms with E-state index < -0.39 is 22.8 Å². The van der Waals surface area contributed by atoms with E-state index in [1.165, 1.54) is 30.2 Å². The van der Waals surface area contributed by atoms with Crippen LogP contribution in [-0.2, 0) is 9.53 Å². The Morgan fingerprint density at radius 2 is 2.19 bits per heavy atom. The summed E-state index contributed by atoms with van der Waals surface area (Å²) in [4.78, 5) is 35.9. The van der Waals surface area contributed by atoms with Gasteiger partial charge in [0, 0.05) is 12.6 Å². The third-order valence-electron chi connectivity index (χ3n) is 3.39. The number of nitro groups is 1. The fourth-order valence-corrected chi connectivity index (χ4v) is 2.66. The standard InChI is InChI=1S/C13H13ClN2O5/c1-21-13(18)10-6-3-7-15(10)12(17)11-8(14)4-2-5-9(11)16(19)20/h2,4-5,10H,3,6-7H2,1H3. The van der Waals surface area contributed by atoms with Gasteiger partial charge in [0.25, 0.3) is 11.6 Å². The van der Waals surface area contributed by atoms with Crippen molar-refractivity contribution in [2.45, 2.75) is 18.9 Å². The average molecular weight is 313 g/mol. The first kappa shape index (κ1) is 15.2. The lowest BCUT2D eigenvalue weighted by Gasteiger charge is -2.22. The topological polar surface area (TPSA) is 89.8 Å². The van der Waals surface area contributed by atoms with Crippen LogP contribution in [0.4, 0.5) is 5.69 Å². The molecule has 1 unspecified atom stereocenters.